The van der Waals surface area contributed by atoms with Crippen molar-refractivity contribution in [1.29, 1.82) is 0 Å². The molecule has 8 bridgehead atoms. The molecule has 9 heteroatoms. The molecule has 1 aliphatic heterocycles. The van der Waals surface area contributed by atoms with Crippen LogP contribution in [-0.2, 0) is 38.1 Å². The first-order chi connectivity index (χ1) is 24.0. The zero-order chi connectivity index (χ0) is 36.6. The monoisotopic (exact) mass is 712 g/mol. The van der Waals surface area contributed by atoms with Crippen LogP contribution in [-0.4, -0.2) is 57.5 Å². The molecule has 0 amide bonds. The Balaban J connectivity index is 1.09. The average molecular weight is 713 g/mol. The lowest BCUT2D eigenvalue weighted by Gasteiger charge is -2.63. The lowest BCUT2D eigenvalue weighted by atomic mass is 9.44. The topological polar surface area (TPSA) is 125 Å². The van der Waals surface area contributed by atoms with E-state index >= 15 is 0 Å². The number of carbonyl (C=O) groups is 4. The van der Waals surface area contributed by atoms with Gasteiger partial charge in [-0.15, -0.1) is 0 Å². The molecule has 0 aromatic carbocycles. The highest BCUT2D eigenvalue weighted by molar-refractivity contribution is 5.83. The zero-order valence-corrected chi connectivity index (χ0v) is 32.1. The van der Waals surface area contributed by atoms with Crippen molar-refractivity contribution >= 4 is 23.9 Å². The number of rotatable bonds is 14. The SMILES string of the molecule is CCC(CC(CC(C)C(=O)OC1CC(C)(C)OC1=O)C(=O)OC12CC3CC(CC(O)(C3)C1)C2)C(=O)OC(CC)(CC)C12CC3CC(CC(C3)C1)C2. The fourth-order valence-corrected chi connectivity index (χ4v) is 13.6. The van der Waals surface area contributed by atoms with E-state index in [1.54, 1.807) is 20.8 Å². The molecule has 9 rings (SSSR count). The average Bonchev–Trinajstić information content (AvgIpc) is 3.29. The Hall–Kier alpha value is -2.16. The number of cyclic esters (lactones) is 1. The van der Waals surface area contributed by atoms with E-state index in [2.05, 4.69) is 13.8 Å². The number of hydrogen-bond acceptors (Lipinski definition) is 9. The maximum Gasteiger partial charge on any atom is 0.348 e. The van der Waals surface area contributed by atoms with Gasteiger partial charge in [0.15, 0.2) is 0 Å². The van der Waals surface area contributed by atoms with Gasteiger partial charge in [0.1, 0.15) is 16.8 Å². The molecule has 0 spiro atoms. The molecule has 0 aromatic heterocycles. The molecular weight excluding hydrogens is 648 g/mol. The quantitative estimate of drug-likeness (QED) is 0.143. The zero-order valence-electron chi connectivity index (χ0n) is 32.1. The third-order valence-electron chi connectivity index (χ3n) is 15.1. The Kier molecular flexibility index (Phi) is 9.69. The molecule has 51 heavy (non-hydrogen) atoms. The van der Waals surface area contributed by atoms with Crippen molar-refractivity contribution in [2.75, 3.05) is 0 Å². The first-order valence-electron chi connectivity index (χ1n) is 20.6. The summed E-state index contributed by atoms with van der Waals surface area (Å²) in [5.41, 5.74) is -2.73. The molecule has 6 unspecified atom stereocenters. The van der Waals surface area contributed by atoms with Crippen molar-refractivity contribution in [3.63, 3.8) is 0 Å². The summed E-state index contributed by atoms with van der Waals surface area (Å²) in [5, 5.41) is 11.4. The van der Waals surface area contributed by atoms with Gasteiger partial charge in [-0.05, 0) is 146 Å². The van der Waals surface area contributed by atoms with Crippen LogP contribution in [0.15, 0.2) is 0 Å². The van der Waals surface area contributed by atoms with Crippen LogP contribution in [0.1, 0.15) is 157 Å². The minimum absolute atomic E-state index is 0.0184. The van der Waals surface area contributed by atoms with Crippen LogP contribution < -0.4 is 0 Å². The van der Waals surface area contributed by atoms with Crippen molar-refractivity contribution in [2.45, 2.75) is 186 Å². The van der Waals surface area contributed by atoms with Gasteiger partial charge in [0.25, 0.3) is 0 Å². The Morgan fingerprint density at radius 3 is 1.84 bits per heavy atom. The van der Waals surface area contributed by atoms with Gasteiger partial charge in [0, 0.05) is 18.3 Å². The van der Waals surface area contributed by atoms with Gasteiger partial charge in [-0.1, -0.05) is 27.7 Å². The van der Waals surface area contributed by atoms with Crippen LogP contribution in [0.2, 0.25) is 0 Å². The summed E-state index contributed by atoms with van der Waals surface area (Å²) < 4.78 is 24.3. The molecule has 8 aliphatic carbocycles. The summed E-state index contributed by atoms with van der Waals surface area (Å²) in [6, 6.07) is 0. The number of aliphatic hydroxyl groups is 1. The Bertz CT molecular complexity index is 1330. The number of carbonyl (C=O) groups excluding carboxylic acids is 4. The Morgan fingerprint density at radius 2 is 1.35 bits per heavy atom. The lowest BCUT2D eigenvalue weighted by molar-refractivity contribution is -0.223. The van der Waals surface area contributed by atoms with Crippen LogP contribution in [0.5, 0.6) is 0 Å². The fraction of sp³-hybridized carbons (Fsp3) is 0.905. The minimum Gasteiger partial charge on any atom is -0.459 e. The molecule has 9 nitrogen and oxygen atoms in total. The Labute approximate surface area is 305 Å². The standard InChI is InChI=1S/C42H64O9/c1-7-31(35(44)51-42(8-2,9-3)39-16-26-11-27(17-39)13-28(12-26)18-39)15-32(10-25(4)34(43)48-33-23-38(5,6)49-37(33)46)36(45)50-41-21-29-14-30(22-41)20-40(47,19-29)24-41/h25-33,47H,7-24H2,1-6H3. The van der Waals surface area contributed by atoms with Crippen molar-refractivity contribution in [3.8, 4) is 0 Å². The van der Waals surface area contributed by atoms with Crippen molar-refractivity contribution in [2.24, 2.45) is 52.8 Å². The van der Waals surface area contributed by atoms with Crippen LogP contribution >= 0.6 is 0 Å². The normalized spacial score (nSPS) is 40.4. The molecular formula is C42H64O9. The van der Waals surface area contributed by atoms with E-state index in [0.29, 0.717) is 24.7 Å². The highest BCUT2D eigenvalue weighted by atomic mass is 16.6. The second-order valence-corrected chi connectivity index (χ2v) is 19.6. The van der Waals surface area contributed by atoms with E-state index in [0.717, 1.165) is 82.0 Å². The lowest BCUT2D eigenvalue weighted by Crippen LogP contribution is -2.60. The maximum absolute atomic E-state index is 14.4. The highest BCUT2D eigenvalue weighted by Gasteiger charge is 2.62. The van der Waals surface area contributed by atoms with Crippen LogP contribution in [0.3, 0.4) is 0 Å². The van der Waals surface area contributed by atoms with Crippen molar-refractivity contribution in [1.82, 2.24) is 0 Å². The third-order valence-corrected chi connectivity index (χ3v) is 15.1. The summed E-state index contributed by atoms with van der Waals surface area (Å²) in [6.45, 7) is 11.6. The summed E-state index contributed by atoms with van der Waals surface area (Å²) >= 11 is 0. The fourth-order valence-electron chi connectivity index (χ4n) is 13.6. The predicted octanol–water partition coefficient (Wildman–Crippen LogP) is 7.63. The van der Waals surface area contributed by atoms with E-state index in [9.17, 15) is 24.3 Å². The molecule has 1 N–H and O–H groups in total. The first-order valence-corrected chi connectivity index (χ1v) is 20.6. The van der Waals surface area contributed by atoms with E-state index < -0.39 is 64.2 Å². The minimum atomic E-state index is -0.979. The summed E-state index contributed by atoms with van der Waals surface area (Å²) in [6.07, 6.45) is 13.6. The van der Waals surface area contributed by atoms with E-state index in [1.165, 1.54) is 19.3 Å². The largest absolute Gasteiger partial charge is 0.459 e. The first kappa shape index (κ1) is 37.2. The van der Waals surface area contributed by atoms with Gasteiger partial charge in [-0.25, -0.2) is 4.79 Å². The number of hydrogen-bond donors (Lipinski definition) is 1. The summed E-state index contributed by atoms with van der Waals surface area (Å²) in [7, 11) is 0. The molecule has 286 valence electrons. The van der Waals surface area contributed by atoms with Gasteiger partial charge in [0.05, 0.1) is 23.4 Å². The second kappa shape index (κ2) is 13.3. The predicted molar refractivity (Wildman–Crippen MR) is 189 cm³/mol. The van der Waals surface area contributed by atoms with E-state index in [1.807, 2.05) is 6.92 Å². The van der Waals surface area contributed by atoms with Crippen LogP contribution in [0.25, 0.3) is 0 Å². The third kappa shape index (κ3) is 7.00. The summed E-state index contributed by atoms with van der Waals surface area (Å²) in [5.74, 6) is -0.915. The second-order valence-electron chi connectivity index (χ2n) is 19.6. The van der Waals surface area contributed by atoms with E-state index in [-0.39, 0.29) is 30.6 Å². The molecule has 0 radical (unpaired) electrons. The van der Waals surface area contributed by atoms with Gasteiger partial charge in [0.2, 0.25) is 6.10 Å². The van der Waals surface area contributed by atoms with Gasteiger partial charge in [-0.2, -0.15) is 0 Å². The molecule has 9 fully saturated rings. The van der Waals surface area contributed by atoms with Crippen molar-refractivity contribution in [3.05, 3.63) is 0 Å². The molecule has 6 atom stereocenters. The van der Waals surface area contributed by atoms with Crippen molar-refractivity contribution < 1.29 is 43.2 Å². The molecule has 1 saturated heterocycles. The van der Waals surface area contributed by atoms with E-state index in [4.69, 9.17) is 18.9 Å². The smallest absolute Gasteiger partial charge is 0.348 e. The van der Waals surface area contributed by atoms with Gasteiger partial charge in [-0.3, -0.25) is 14.4 Å². The molecule has 0 aromatic rings. The maximum atomic E-state index is 14.4. The van der Waals surface area contributed by atoms with Crippen LogP contribution in [0.4, 0.5) is 0 Å². The summed E-state index contributed by atoms with van der Waals surface area (Å²) in [4.78, 5) is 54.7. The molecule has 1 heterocycles. The van der Waals surface area contributed by atoms with Gasteiger partial charge >= 0.3 is 23.9 Å². The number of esters is 4. The molecule has 9 aliphatic rings. The Morgan fingerprint density at radius 1 is 0.784 bits per heavy atom. The molecule has 8 saturated carbocycles. The van der Waals surface area contributed by atoms with Gasteiger partial charge < -0.3 is 24.1 Å². The number of ether oxygens (including phenoxy) is 4. The highest BCUT2D eigenvalue weighted by Crippen LogP contribution is 2.66. The van der Waals surface area contributed by atoms with Crippen LogP contribution in [0, 0.1) is 52.8 Å².